The van der Waals surface area contributed by atoms with Gasteiger partial charge in [0.1, 0.15) is 12.4 Å². The van der Waals surface area contributed by atoms with Crippen LogP contribution in [0, 0.1) is 6.92 Å². The molecular weight excluding hydrogens is 288 g/mol. The van der Waals surface area contributed by atoms with Gasteiger partial charge in [0.15, 0.2) is 5.82 Å². The Hall–Kier alpha value is -2.40. The maximum atomic E-state index is 5.17. The molecule has 1 aromatic carbocycles. The van der Waals surface area contributed by atoms with Crippen molar-refractivity contribution in [3.8, 4) is 0 Å². The quantitative estimate of drug-likeness (QED) is 0.758. The second kappa shape index (κ2) is 6.79. The number of hydrogen-bond acceptors (Lipinski definition) is 4. The van der Waals surface area contributed by atoms with E-state index in [9.17, 15) is 0 Å². The number of fused-ring (bicyclic) bond motifs is 1. The topological polar surface area (TPSA) is 54.0 Å². The Labute approximate surface area is 136 Å². The average Bonchev–Trinajstić information content (AvgIpc) is 2.95. The fraction of sp³-hybridized carbons (Fsp3) is 0.333. The number of para-hydroxylation sites is 1. The number of anilines is 1. The molecule has 5 nitrogen and oxygen atoms in total. The lowest BCUT2D eigenvalue weighted by Gasteiger charge is -2.22. The minimum Gasteiger partial charge on any atom is -0.377 e. The molecule has 2 heterocycles. The maximum absolute atomic E-state index is 5.17. The van der Waals surface area contributed by atoms with Gasteiger partial charge in [-0.15, -0.1) is 0 Å². The van der Waals surface area contributed by atoms with Gasteiger partial charge < -0.3 is 14.6 Å². The molecule has 0 saturated heterocycles. The zero-order valence-corrected chi connectivity index (χ0v) is 13.8. The molecule has 0 bridgehead atoms. The molecule has 0 aliphatic carbocycles. The van der Waals surface area contributed by atoms with E-state index in [4.69, 9.17) is 4.74 Å². The summed E-state index contributed by atoms with van der Waals surface area (Å²) in [5.74, 6) is 1.66. The fourth-order valence-electron chi connectivity index (χ4n) is 2.79. The van der Waals surface area contributed by atoms with Crippen LogP contribution in [0.3, 0.4) is 0 Å². The molecule has 120 valence electrons. The molecule has 0 aliphatic heterocycles. The van der Waals surface area contributed by atoms with E-state index in [1.54, 1.807) is 7.11 Å². The largest absolute Gasteiger partial charge is 0.377 e. The van der Waals surface area contributed by atoms with Gasteiger partial charge in [-0.1, -0.05) is 18.2 Å². The molecule has 0 fully saturated rings. The van der Waals surface area contributed by atoms with Gasteiger partial charge in [-0.25, -0.2) is 9.97 Å². The minimum absolute atomic E-state index is 0.430. The smallest absolute Gasteiger partial charge is 0.156 e. The second-order valence-electron chi connectivity index (χ2n) is 5.59. The molecule has 0 saturated carbocycles. The van der Waals surface area contributed by atoms with Gasteiger partial charge in [-0.3, -0.25) is 0 Å². The van der Waals surface area contributed by atoms with Gasteiger partial charge in [-0.05, 0) is 25.5 Å². The SMILES string of the molecule is CCN(Cc1c[nH]c2ccccc12)c1cc(C)nc(COC)n1. The number of aromatic nitrogens is 3. The van der Waals surface area contributed by atoms with Crippen LogP contribution >= 0.6 is 0 Å². The van der Waals surface area contributed by atoms with Gasteiger partial charge in [0, 0.05) is 49.1 Å². The van der Waals surface area contributed by atoms with Gasteiger partial charge in [-0.2, -0.15) is 0 Å². The Bertz CT molecular complexity index is 797. The molecule has 0 aliphatic rings. The van der Waals surface area contributed by atoms with E-state index in [-0.39, 0.29) is 0 Å². The number of methoxy groups -OCH3 is 1. The number of nitrogens with one attached hydrogen (secondary N) is 1. The van der Waals surface area contributed by atoms with E-state index in [0.29, 0.717) is 6.61 Å². The van der Waals surface area contributed by atoms with Crippen LogP contribution in [0.15, 0.2) is 36.5 Å². The van der Waals surface area contributed by atoms with Gasteiger partial charge >= 0.3 is 0 Å². The zero-order valence-electron chi connectivity index (χ0n) is 13.8. The molecule has 3 aromatic rings. The number of aromatic amines is 1. The lowest BCUT2D eigenvalue weighted by atomic mass is 10.1. The van der Waals surface area contributed by atoms with Crippen molar-refractivity contribution in [2.45, 2.75) is 27.0 Å². The van der Waals surface area contributed by atoms with Gasteiger partial charge in [0.25, 0.3) is 0 Å². The van der Waals surface area contributed by atoms with Crippen LogP contribution < -0.4 is 4.90 Å². The molecule has 0 amide bonds. The summed E-state index contributed by atoms with van der Waals surface area (Å²) in [6, 6.07) is 10.4. The first-order valence-electron chi connectivity index (χ1n) is 7.84. The Morgan fingerprint density at radius 1 is 1.22 bits per heavy atom. The van der Waals surface area contributed by atoms with E-state index < -0.39 is 0 Å². The van der Waals surface area contributed by atoms with Crippen LogP contribution in [0.5, 0.6) is 0 Å². The first-order chi connectivity index (χ1) is 11.2. The van der Waals surface area contributed by atoms with Crippen LogP contribution in [-0.2, 0) is 17.9 Å². The summed E-state index contributed by atoms with van der Waals surface area (Å²) in [6.07, 6.45) is 2.08. The summed E-state index contributed by atoms with van der Waals surface area (Å²) in [7, 11) is 1.66. The third-order valence-electron chi connectivity index (χ3n) is 3.90. The van der Waals surface area contributed by atoms with E-state index in [2.05, 4.69) is 51.2 Å². The summed E-state index contributed by atoms with van der Waals surface area (Å²) in [6.45, 7) is 6.25. The Balaban J connectivity index is 1.91. The van der Waals surface area contributed by atoms with Crippen molar-refractivity contribution in [1.29, 1.82) is 0 Å². The predicted octanol–water partition coefficient (Wildman–Crippen LogP) is 3.44. The fourth-order valence-corrected chi connectivity index (χ4v) is 2.79. The number of nitrogens with zero attached hydrogens (tertiary/aromatic N) is 3. The van der Waals surface area contributed by atoms with Crippen molar-refractivity contribution >= 4 is 16.7 Å². The molecule has 23 heavy (non-hydrogen) atoms. The van der Waals surface area contributed by atoms with Crippen molar-refractivity contribution in [2.24, 2.45) is 0 Å². The summed E-state index contributed by atoms with van der Waals surface area (Å²) in [5.41, 5.74) is 3.39. The van der Waals surface area contributed by atoms with Crippen molar-refractivity contribution in [3.63, 3.8) is 0 Å². The third kappa shape index (κ3) is 3.35. The molecule has 0 spiro atoms. The molecule has 2 aromatic heterocycles. The monoisotopic (exact) mass is 310 g/mol. The highest BCUT2D eigenvalue weighted by Crippen LogP contribution is 2.22. The number of benzene rings is 1. The number of aryl methyl sites for hydroxylation is 1. The molecule has 0 unspecified atom stereocenters. The number of rotatable bonds is 6. The van der Waals surface area contributed by atoms with E-state index in [1.807, 2.05) is 19.1 Å². The third-order valence-corrected chi connectivity index (χ3v) is 3.90. The number of hydrogen-bond donors (Lipinski definition) is 1. The summed E-state index contributed by atoms with van der Waals surface area (Å²) in [4.78, 5) is 14.6. The summed E-state index contributed by atoms with van der Waals surface area (Å²) >= 11 is 0. The summed E-state index contributed by atoms with van der Waals surface area (Å²) in [5, 5.41) is 1.26. The number of H-pyrrole nitrogens is 1. The van der Waals surface area contributed by atoms with Gasteiger partial charge in [0.2, 0.25) is 0 Å². The Kier molecular flexibility index (Phi) is 4.57. The molecule has 5 heteroatoms. The van der Waals surface area contributed by atoms with Crippen molar-refractivity contribution in [2.75, 3.05) is 18.6 Å². The maximum Gasteiger partial charge on any atom is 0.156 e. The Morgan fingerprint density at radius 3 is 2.83 bits per heavy atom. The predicted molar refractivity (Wildman–Crippen MR) is 92.5 cm³/mol. The first kappa shape index (κ1) is 15.5. The lowest BCUT2D eigenvalue weighted by Crippen LogP contribution is -2.24. The molecule has 3 rings (SSSR count). The normalized spacial score (nSPS) is 11.1. The van der Waals surface area contributed by atoms with Crippen molar-refractivity contribution < 1.29 is 4.74 Å². The van der Waals surface area contributed by atoms with E-state index in [1.165, 1.54) is 10.9 Å². The molecule has 0 atom stereocenters. The van der Waals surface area contributed by atoms with Crippen LogP contribution in [0.4, 0.5) is 5.82 Å². The van der Waals surface area contributed by atoms with Crippen molar-refractivity contribution in [3.05, 3.63) is 53.6 Å². The highest BCUT2D eigenvalue weighted by molar-refractivity contribution is 5.83. The standard InChI is InChI=1S/C18H22N4O/c1-4-22(18-9-13(2)20-17(21-18)12-23-3)11-14-10-19-16-8-6-5-7-15(14)16/h5-10,19H,4,11-12H2,1-3H3. The Morgan fingerprint density at radius 2 is 2.04 bits per heavy atom. The van der Waals surface area contributed by atoms with Crippen LogP contribution in [-0.4, -0.2) is 28.6 Å². The molecule has 0 radical (unpaired) electrons. The van der Waals surface area contributed by atoms with Crippen molar-refractivity contribution in [1.82, 2.24) is 15.0 Å². The zero-order chi connectivity index (χ0) is 16.2. The highest BCUT2D eigenvalue weighted by atomic mass is 16.5. The lowest BCUT2D eigenvalue weighted by molar-refractivity contribution is 0.177. The van der Waals surface area contributed by atoms with Gasteiger partial charge in [0.05, 0.1) is 0 Å². The van der Waals surface area contributed by atoms with E-state index in [0.717, 1.165) is 35.9 Å². The average molecular weight is 310 g/mol. The van der Waals surface area contributed by atoms with Crippen LogP contribution in [0.1, 0.15) is 24.0 Å². The summed E-state index contributed by atoms with van der Waals surface area (Å²) < 4.78 is 5.17. The second-order valence-corrected chi connectivity index (χ2v) is 5.59. The molecule has 1 N–H and O–H groups in total. The number of ether oxygens (including phenoxy) is 1. The van der Waals surface area contributed by atoms with Crippen LogP contribution in [0.25, 0.3) is 10.9 Å². The molecular formula is C18H22N4O. The first-order valence-corrected chi connectivity index (χ1v) is 7.84. The minimum atomic E-state index is 0.430. The van der Waals surface area contributed by atoms with Crippen LogP contribution in [0.2, 0.25) is 0 Å². The highest BCUT2D eigenvalue weighted by Gasteiger charge is 2.12. The van der Waals surface area contributed by atoms with E-state index >= 15 is 0 Å².